The Kier molecular flexibility index (Phi) is 3.14. The third kappa shape index (κ3) is 2.40. The largest absolute Gasteiger partial charge is 0.397 e. The Bertz CT molecular complexity index is 595. The van der Waals surface area contributed by atoms with Crippen molar-refractivity contribution >= 4 is 23.0 Å². The molecule has 0 saturated heterocycles. The number of nitrogens with zero attached hydrogens (tertiary/aromatic N) is 1. The van der Waals surface area contributed by atoms with Crippen molar-refractivity contribution in [1.82, 2.24) is 4.98 Å². The molecule has 0 saturated carbocycles. The fraction of sp³-hybridized carbons (Fsp3) is 0.0769. The monoisotopic (exact) mass is 242 g/mol. The smallest absolute Gasteiger partial charge is 0.248 e. The number of rotatable bonds is 3. The number of carbonyl (C=O) groups excluding carboxylic acids is 1. The molecule has 5 N–H and O–H groups in total. The number of benzene rings is 1. The van der Waals surface area contributed by atoms with Gasteiger partial charge in [0, 0.05) is 11.8 Å². The van der Waals surface area contributed by atoms with Crippen molar-refractivity contribution in [3.63, 3.8) is 0 Å². The van der Waals surface area contributed by atoms with Gasteiger partial charge in [-0.3, -0.25) is 9.78 Å². The first-order chi connectivity index (χ1) is 8.58. The number of carbonyl (C=O) groups is 1. The van der Waals surface area contributed by atoms with Gasteiger partial charge in [-0.15, -0.1) is 0 Å². The molecule has 92 valence electrons. The van der Waals surface area contributed by atoms with Crippen LogP contribution in [0, 0.1) is 6.92 Å². The Balaban J connectivity index is 2.37. The van der Waals surface area contributed by atoms with Crippen molar-refractivity contribution in [2.24, 2.45) is 5.73 Å². The zero-order valence-electron chi connectivity index (χ0n) is 9.97. The van der Waals surface area contributed by atoms with Gasteiger partial charge in [0.05, 0.1) is 22.8 Å². The number of amides is 1. The summed E-state index contributed by atoms with van der Waals surface area (Å²) in [4.78, 5) is 15.3. The number of aromatic nitrogens is 1. The highest BCUT2D eigenvalue weighted by atomic mass is 16.1. The molecule has 0 aliphatic heterocycles. The SMILES string of the molecule is Cc1ncccc1Nc1cc(C(N)=O)ccc1N. The fourth-order valence-electron chi connectivity index (χ4n) is 1.58. The van der Waals surface area contributed by atoms with E-state index in [0.29, 0.717) is 16.9 Å². The fourth-order valence-corrected chi connectivity index (χ4v) is 1.58. The highest BCUT2D eigenvalue weighted by molar-refractivity contribution is 5.95. The van der Waals surface area contributed by atoms with Gasteiger partial charge in [0.15, 0.2) is 0 Å². The highest BCUT2D eigenvalue weighted by Gasteiger charge is 2.06. The Morgan fingerprint density at radius 2 is 2.06 bits per heavy atom. The molecule has 0 radical (unpaired) electrons. The molecule has 1 aromatic heterocycles. The molecule has 2 rings (SSSR count). The van der Waals surface area contributed by atoms with E-state index in [-0.39, 0.29) is 0 Å². The van der Waals surface area contributed by atoms with Crippen LogP contribution in [0.3, 0.4) is 0 Å². The van der Waals surface area contributed by atoms with Crippen molar-refractivity contribution in [3.8, 4) is 0 Å². The van der Waals surface area contributed by atoms with Crippen LogP contribution in [0.1, 0.15) is 16.1 Å². The van der Waals surface area contributed by atoms with Crippen LogP contribution in [-0.2, 0) is 0 Å². The van der Waals surface area contributed by atoms with Crippen molar-refractivity contribution in [3.05, 3.63) is 47.8 Å². The molecule has 0 unspecified atom stereocenters. The number of nitrogens with two attached hydrogens (primary N) is 2. The maximum absolute atomic E-state index is 11.1. The Hall–Kier alpha value is -2.56. The van der Waals surface area contributed by atoms with Gasteiger partial charge >= 0.3 is 0 Å². The van der Waals surface area contributed by atoms with Crippen LogP contribution in [-0.4, -0.2) is 10.9 Å². The quantitative estimate of drug-likeness (QED) is 0.715. The first kappa shape index (κ1) is 11.9. The summed E-state index contributed by atoms with van der Waals surface area (Å²) in [6.45, 7) is 1.89. The highest BCUT2D eigenvalue weighted by Crippen LogP contribution is 2.25. The van der Waals surface area contributed by atoms with E-state index in [1.807, 2.05) is 19.1 Å². The van der Waals surface area contributed by atoms with Crippen LogP contribution in [0.25, 0.3) is 0 Å². The van der Waals surface area contributed by atoms with E-state index in [1.54, 1.807) is 24.4 Å². The minimum atomic E-state index is -0.485. The number of hydrogen-bond acceptors (Lipinski definition) is 4. The van der Waals surface area contributed by atoms with E-state index in [2.05, 4.69) is 10.3 Å². The summed E-state index contributed by atoms with van der Waals surface area (Å²) in [7, 11) is 0. The van der Waals surface area contributed by atoms with Gasteiger partial charge in [-0.25, -0.2) is 0 Å². The minimum absolute atomic E-state index is 0.410. The second-order valence-corrected chi connectivity index (χ2v) is 3.93. The van der Waals surface area contributed by atoms with Crippen LogP contribution < -0.4 is 16.8 Å². The third-order valence-electron chi connectivity index (χ3n) is 2.61. The first-order valence-corrected chi connectivity index (χ1v) is 5.46. The lowest BCUT2D eigenvalue weighted by Gasteiger charge is -2.11. The second kappa shape index (κ2) is 4.75. The number of nitrogens with one attached hydrogen (secondary N) is 1. The molecule has 5 nitrogen and oxygen atoms in total. The van der Waals surface area contributed by atoms with Gasteiger partial charge in [0.1, 0.15) is 0 Å². The average Bonchev–Trinajstić information content (AvgIpc) is 2.34. The molecule has 0 aliphatic rings. The lowest BCUT2D eigenvalue weighted by Crippen LogP contribution is -2.11. The lowest BCUT2D eigenvalue weighted by molar-refractivity contribution is 0.100. The number of aryl methyl sites for hydroxylation is 1. The van der Waals surface area contributed by atoms with Crippen LogP contribution in [0.5, 0.6) is 0 Å². The average molecular weight is 242 g/mol. The first-order valence-electron chi connectivity index (χ1n) is 5.46. The van der Waals surface area contributed by atoms with Gasteiger partial charge in [-0.05, 0) is 37.3 Å². The zero-order chi connectivity index (χ0) is 13.1. The molecule has 0 aliphatic carbocycles. The lowest BCUT2D eigenvalue weighted by atomic mass is 10.1. The molecule has 0 atom stereocenters. The van der Waals surface area contributed by atoms with E-state index in [4.69, 9.17) is 11.5 Å². The van der Waals surface area contributed by atoms with Gasteiger partial charge in [0.2, 0.25) is 5.91 Å². The standard InChI is InChI=1S/C13H14N4O/c1-8-11(3-2-6-16-8)17-12-7-9(13(15)18)4-5-10(12)14/h2-7,17H,14H2,1H3,(H2,15,18). The number of nitrogen functional groups attached to an aromatic ring is 1. The molecule has 1 aromatic carbocycles. The maximum atomic E-state index is 11.1. The summed E-state index contributed by atoms with van der Waals surface area (Å²) < 4.78 is 0. The molecule has 1 amide bonds. The van der Waals surface area contributed by atoms with E-state index in [9.17, 15) is 4.79 Å². The van der Waals surface area contributed by atoms with E-state index in [1.165, 1.54) is 0 Å². The van der Waals surface area contributed by atoms with Gasteiger partial charge in [-0.2, -0.15) is 0 Å². The van der Waals surface area contributed by atoms with E-state index < -0.39 is 5.91 Å². The normalized spacial score (nSPS) is 10.1. The third-order valence-corrected chi connectivity index (χ3v) is 2.61. The summed E-state index contributed by atoms with van der Waals surface area (Å²) >= 11 is 0. The summed E-state index contributed by atoms with van der Waals surface area (Å²) in [6, 6.07) is 8.58. The number of hydrogen-bond donors (Lipinski definition) is 3. The van der Waals surface area contributed by atoms with Gasteiger partial charge in [-0.1, -0.05) is 0 Å². The van der Waals surface area contributed by atoms with Crippen molar-refractivity contribution < 1.29 is 4.79 Å². The summed E-state index contributed by atoms with van der Waals surface area (Å²) in [5.74, 6) is -0.485. The zero-order valence-corrected chi connectivity index (χ0v) is 9.97. The van der Waals surface area contributed by atoms with E-state index in [0.717, 1.165) is 11.4 Å². The Morgan fingerprint density at radius 1 is 1.28 bits per heavy atom. The van der Waals surface area contributed by atoms with Crippen molar-refractivity contribution in [2.45, 2.75) is 6.92 Å². The Morgan fingerprint density at radius 3 is 2.72 bits per heavy atom. The minimum Gasteiger partial charge on any atom is -0.397 e. The van der Waals surface area contributed by atoms with Crippen LogP contribution in [0.4, 0.5) is 17.1 Å². The predicted octanol–water partition coefficient (Wildman–Crippen LogP) is 1.81. The van der Waals surface area contributed by atoms with Crippen molar-refractivity contribution in [1.29, 1.82) is 0 Å². The van der Waals surface area contributed by atoms with Gasteiger partial charge in [0.25, 0.3) is 0 Å². The molecule has 5 heteroatoms. The maximum Gasteiger partial charge on any atom is 0.248 e. The molecular formula is C13H14N4O. The number of anilines is 3. The van der Waals surface area contributed by atoms with Crippen molar-refractivity contribution in [2.75, 3.05) is 11.1 Å². The molecular weight excluding hydrogens is 228 g/mol. The summed E-state index contributed by atoms with van der Waals surface area (Å²) in [6.07, 6.45) is 1.71. The molecule has 0 bridgehead atoms. The second-order valence-electron chi connectivity index (χ2n) is 3.93. The van der Waals surface area contributed by atoms with Crippen LogP contribution in [0.15, 0.2) is 36.5 Å². The topological polar surface area (TPSA) is 94.0 Å². The Labute approximate surface area is 105 Å². The molecule has 18 heavy (non-hydrogen) atoms. The molecule has 2 aromatic rings. The molecule has 0 spiro atoms. The summed E-state index contributed by atoms with van der Waals surface area (Å²) in [5.41, 5.74) is 14.4. The van der Waals surface area contributed by atoms with E-state index >= 15 is 0 Å². The number of primary amides is 1. The predicted molar refractivity (Wildman–Crippen MR) is 71.6 cm³/mol. The molecule has 0 fully saturated rings. The van der Waals surface area contributed by atoms with Gasteiger partial charge < -0.3 is 16.8 Å². The number of pyridine rings is 1. The summed E-state index contributed by atoms with van der Waals surface area (Å²) in [5, 5.41) is 3.14. The van der Waals surface area contributed by atoms with Crippen LogP contribution >= 0.6 is 0 Å². The molecule has 1 heterocycles. The van der Waals surface area contributed by atoms with Crippen LogP contribution in [0.2, 0.25) is 0 Å².